The van der Waals surface area contributed by atoms with E-state index in [1.54, 1.807) is 0 Å². The quantitative estimate of drug-likeness (QED) is 0.629. The summed E-state index contributed by atoms with van der Waals surface area (Å²) in [4.78, 5) is 24.8. The van der Waals surface area contributed by atoms with Gasteiger partial charge in [0.2, 0.25) is 5.82 Å². The molecule has 8 heteroatoms. The van der Waals surface area contributed by atoms with Crippen LogP contribution in [0.4, 0.5) is 11.5 Å². The van der Waals surface area contributed by atoms with Crippen LogP contribution in [-0.4, -0.2) is 27.5 Å². The molecular formula is C10H12ClN3O4. The Hall–Kier alpha value is -1.89. The highest BCUT2D eigenvalue weighted by Gasteiger charge is 2.28. The molecule has 2 N–H and O–H groups in total. The molecule has 0 saturated heterocycles. The largest absolute Gasteiger partial charge is 0.481 e. The summed E-state index contributed by atoms with van der Waals surface area (Å²) < 4.78 is 0. The number of aliphatic carboxylic acids is 1. The molecule has 7 nitrogen and oxygen atoms in total. The van der Waals surface area contributed by atoms with Gasteiger partial charge in [0, 0.05) is 18.8 Å². The molecule has 0 saturated carbocycles. The van der Waals surface area contributed by atoms with Crippen molar-refractivity contribution in [2.24, 2.45) is 5.41 Å². The van der Waals surface area contributed by atoms with Gasteiger partial charge < -0.3 is 10.4 Å². The van der Waals surface area contributed by atoms with Crippen LogP contribution in [0.25, 0.3) is 0 Å². The molecule has 0 unspecified atom stereocenters. The highest BCUT2D eigenvalue weighted by atomic mass is 35.5. The number of carbonyl (C=O) groups is 1. The fourth-order valence-corrected chi connectivity index (χ4v) is 1.24. The lowest BCUT2D eigenvalue weighted by Gasteiger charge is -2.19. The second-order valence-electron chi connectivity index (χ2n) is 4.32. The molecule has 0 amide bonds. The fraction of sp³-hybridized carbons (Fsp3) is 0.400. The first-order valence-corrected chi connectivity index (χ1v) is 5.39. The van der Waals surface area contributed by atoms with Gasteiger partial charge in [-0.25, -0.2) is 4.98 Å². The van der Waals surface area contributed by atoms with Crippen LogP contribution in [0.3, 0.4) is 0 Å². The van der Waals surface area contributed by atoms with Gasteiger partial charge in [-0.3, -0.25) is 14.9 Å². The first kappa shape index (κ1) is 14.2. The molecule has 0 aliphatic carbocycles. The first-order chi connectivity index (χ1) is 8.24. The van der Waals surface area contributed by atoms with Gasteiger partial charge in [0.05, 0.1) is 15.4 Å². The zero-order chi connectivity index (χ0) is 13.9. The Balaban J connectivity index is 2.92. The molecule has 98 valence electrons. The third kappa shape index (κ3) is 3.30. The molecule has 18 heavy (non-hydrogen) atoms. The number of nitrogens with zero attached hydrogens (tertiary/aromatic N) is 2. The minimum Gasteiger partial charge on any atom is -0.481 e. The van der Waals surface area contributed by atoms with Gasteiger partial charge in [0.25, 0.3) is 0 Å². The molecule has 0 spiro atoms. The lowest BCUT2D eigenvalue weighted by atomic mass is 9.94. The standard InChI is InChI=1S/C10H12ClN3O4/c1-10(2,9(15)16)5-13-8-7(14(17)18)3-6(11)4-12-8/h3-4H,5H2,1-2H3,(H,12,13)(H,15,16). The van der Waals surface area contributed by atoms with Crippen LogP contribution in [0.15, 0.2) is 12.3 Å². The number of carboxylic acids is 1. The minimum absolute atomic E-state index is 0.00118. The normalized spacial score (nSPS) is 11.1. The van der Waals surface area contributed by atoms with Gasteiger partial charge in [0.1, 0.15) is 0 Å². The van der Waals surface area contributed by atoms with Crippen molar-refractivity contribution in [1.82, 2.24) is 4.98 Å². The van der Waals surface area contributed by atoms with Crippen LogP contribution < -0.4 is 5.32 Å². The van der Waals surface area contributed by atoms with Crippen molar-refractivity contribution in [1.29, 1.82) is 0 Å². The van der Waals surface area contributed by atoms with E-state index < -0.39 is 16.3 Å². The van der Waals surface area contributed by atoms with Crippen molar-refractivity contribution >= 4 is 29.1 Å². The van der Waals surface area contributed by atoms with Gasteiger partial charge in [-0.15, -0.1) is 0 Å². The van der Waals surface area contributed by atoms with E-state index in [1.165, 1.54) is 20.0 Å². The average Bonchev–Trinajstić information content (AvgIpc) is 2.27. The summed E-state index contributed by atoms with van der Waals surface area (Å²) in [7, 11) is 0. The Labute approximate surface area is 108 Å². The van der Waals surface area contributed by atoms with E-state index >= 15 is 0 Å². The van der Waals surface area contributed by atoms with Crippen molar-refractivity contribution in [2.75, 3.05) is 11.9 Å². The van der Waals surface area contributed by atoms with Gasteiger partial charge in [0.15, 0.2) is 0 Å². The van der Waals surface area contributed by atoms with E-state index in [4.69, 9.17) is 16.7 Å². The van der Waals surface area contributed by atoms with Crippen molar-refractivity contribution in [2.45, 2.75) is 13.8 Å². The van der Waals surface area contributed by atoms with E-state index in [2.05, 4.69) is 10.3 Å². The number of hydrogen-bond donors (Lipinski definition) is 2. The van der Waals surface area contributed by atoms with E-state index in [0.717, 1.165) is 6.07 Å². The number of aromatic nitrogens is 1. The number of rotatable bonds is 5. The lowest BCUT2D eigenvalue weighted by Crippen LogP contribution is -2.32. The highest BCUT2D eigenvalue weighted by molar-refractivity contribution is 6.30. The zero-order valence-corrected chi connectivity index (χ0v) is 10.6. The molecular weight excluding hydrogens is 262 g/mol. The third-order valence-electron chi connectivity index (χ3n) is 2.31. The maximum absolute atomic E-state index is 10.9. The Morgan fingerprint density at radius 2 is 2.28 bits per heavy atom. The fourth-order valence-electron chi connectivity index (χ4n) is 1.08. The van der Waals surface area contributed by atoms with E-state index in [1.807, 2.05) is 0 Å². The van der Waals surface area contributed by atoms with Gasteiger partial charge in [-0.1, -0.05) is 11.6 Å². The first-order valence-electron chi connectivity index (χ1n) is 5.01. The Morgan fingerprint density at radius 1 is 1.67 bits per heavy atom. The van der Waals surface area contributed by atoms with Gasteiger partial charge in [-0.2, -0.15) is 0 Å². The summed E-state index contributed by atoms with van der Waals surface area (Å²) >= 11 is 5.61. The summed E-state index contributed by atoms with van der Waals surface area (Å²) in [6.45, 7) is 3.02. The zero-order valence-electron chi connectivity index (χ0n) is 9.81. The maximum Gasteiger partial charge on any atom is 0.312 e. The van der Waals surface area contributed by atoms with Crippen LogP contribution in [0, 0.1) is 15.5 Å². The molecule has 0 aliphatic rings. The SMILES string of the molecule is CC(C)(CNc1ncc(Cl)cc1[N+](=O)[O-])C(=O)O. The smallest absolute Gasteiger partial charge is 0.312 e. The molecule has 0 radical (unpaired) electrons. The number of halogens is 1. The Morgan fingerprint density at radius 3 is 2.78 bits per heavy atom. The number of nitro groups is 1. The Bertz CT molecular complexity index is 490. The minimum atomic E-state index is -1.06. The molecule has 0 fully saturated rings. The van der Waals surface area contributed by atoms with E-state index in [-0.39, 0.29) is 23.1 Å². The van der Waals surface area contributed by atoms with Crippen LogP contribution >= 0.6 is 11.6 Å². The number of anilines is 1. The molecule has 0 bridgehead atoms. The topological polar surface area (TPSA) is 105 Å². The van der Waals surface area contributed by atoms with Crippen LogP contribution in [0.5, 0.6) is 0 Å². The van der Waals surface area contributed by atoms with Crippen LogP contribution in [0.2, 0.25) is 5.02 Å². The van der Waals surface area contributed by atoms with Crippen LogP contribution in [0.1, 0.15) is 13.8 Å². The summed E-state index contributed by atoms with van der Waals surface area (Å²) in [6, 6.07) is 1.16. The predicted molar refractivity (Wildman–Crippen MR) is 65.8 cm³/mol. The summed E-state index contributed by atoms with van der Waals surface area (Å²) in [5, 5.41) is 22.5. The maximum atomic E-state index is 10.9. The molecule has 0 aliphatic heterocycles. The van der Waals surface area contributed by atoms with Crippen molar-refractivity contribution in [3.8, 4) is 0 Å². The predicted octanol–water partition coefficient (Wildman–Crippen LogP) is 2.17. The molecule has 1 aromatic heterocycles. The van der Waals surface area contributed by atoms with Crippen molar-refractivity contribution < 1.29 is 14.8 Å². The molecule has 0 aromatic carbocycles. The monoisotopic (exact) mass is 273 g/mol. The number of carboxylic acid groups (broad SMARTS) is 1. The van der Waals surface area contributed by atoms with Gasteiger partial charge in [-0.05, 0) is 13.8 Å². The molecule has 1 heterocycles. The molecule has 1 aromatic rings. The number of hydrogen-bond acceptors (Lipinski definition) is 5. The summed E-state index contributed by atoms with van der Waals surface area (Å²) in [5.74, 6) is -1.01. The van der Waals surface area contributed by atoms with E-state index in [9.17, 15) is 14.9 Å². The lowest BCUT2D eigenvalue weighted by molar-refractivity contribution is -0.384. The second-order valence-corrected chi connectivity index (χ2v) is 4.76. The average molecular weight is 274 g/mol. The number of pyridine rings is 1. The van der Waals surface area contributed by atoms with E-state index in [0.29, 0.717) is 0 Å². The second kappa shape index (κ2) is 5.18. The summed E-state index contributed by atoms with van der Waals surface area (Å²) in [6.07, 6.45) is 1.25. The summed E-state index contributed by atoms with van der Waals surface area (Å²) in [5.41, 5.74) is -1.35. The van der Waals surface area contributed by atoms with Gasteiger partial charge >= 0.3 is 11.7 Å². The van der Waals surface area contributed by atoms with Crippen LogP contribution in [-0.2, 0) is 4.79 Å². The highest BCUT2D eigenvalue weighted by Crippen LogP contribution is 2.26. The Kier molecular flexibility index (Phi) is 4.07. The van der Waals surface area contributed by atoms with Crippen molar-refractivity contribution in [3.05, 3.63) is 27.4 Å². The molecule has 1 rings (SSSR count). The third-order valence-corrected chi connectivity index (χ3v) is 2.51. The molecule has 0 atom stereocenters. The van der Waals surface area contributed by atoms with Crippen molar-refractivity contribution in [3.63, 3.8) is 0 Å². The number of nitrogens with one attached hydrogen (secondary N) is 1.